The van der Waals surface area contributed by atoms with Gasteiger partial charge in [0, 0.05) is 4.47 Å². The van der Waals surface area contributed by atoms with Gasteiger partial charge in [-0.1, -0.05) is 39.2 Å². The number of nitrogens with zero attached hydrogens (tertiary/aromatic N) is 3. The van der Waals surface area contributed by atoms with Crippen LogP contribution in [0.5, 0.6) is 11.8 Å². The molecule has 0 aliphatic heterocycles. The summed E-state index contributed by atoms with van der Waals surface area (Å²) in [7, 11) is 0. The molecule has 0 fully saturated rings. The summed E-state index contributed by atoms with van der Waals surface area (Å²) >= 11 is 3.38. The van der Waals surface area contributed by atoms with Crippen molar-refractivity contribution in [2.45, 2.75) is 0 Å². The van der Waals surface area contributed by atoms with E-state index >= 15 is 0 Å². The number of fused-ring (bicyclic) bond motifs is 1. The van der Waals surface area contributed by atoms with E-state index in [4.69, 9.17) is 4.74 Å². The first kappa shape index (κ1) is 11.1. The molecular formula is C13H8BrN3O. The summed E-state index contributed by atoms with van der Waals surface area (Å²) in [6.45, 7) is 0. The standard InChI is InChI=1S/C13H8BrN3O/c14-9-4-3-5-10(8-9)18-13-15-11-6-1-2-7-12(11)16-17-13/h1-8H. The molecule has 0 saturated carbocycles. The van der Waals surface area contributed by atoms with Crippen LogP contribution in [0.3, 0.4) is 0 Å². The first-order valence-corrected chi connectivity index (χ1v) is 6.13. The molecule has 1 aromatic heterocycles. The molecule has 3 rings (SSSR count). The minimum absolute atomic E-state index is 0.242. The van der Waals surface area contributed by atoms with Gasteiger partial charge in [0.2, 0.25) is 0 Å². The number of rotatable bonds is 2. The maximum atomic E-state index is 5.55. The van der Waals surface area contributed by atoms with Gasteiger partial charge in [-0.2, -0.15) is 4.98 Å². The Balaban J connectivity index is 1.95. The van der Waals surface area contributed by atoms with Gasteiger partial charge in [0.15, 0.2) is 0 Å². The third-order valence-electron chi connectivity index (χ3n) is 2.35. The molecule has 0 saturated heterocycles. The fourth-order valence-electron chi connectivity index (χ4n) is 1.54. The molecule has 18 heavy (non-hydrogen) atoms. The van der Waals surface area contributed by atoms with Crippen molar-refractivity contribution in [3.63, 3.8) is 0 Å². The summed E-state index contributed by atoms with van der Waals surface area (Å²) in [6, 6.07) is 15.3. The van der Waals surface area contributed by atoms with E-state index in [1.807, 2.05) is 48.5 Å². The minimum Gasteiger partial charge on any atom is -0.423 e. The molecule has 5 heteroatoms. The number of aromatic nitrogens is 3. The Kier molecular flexibility index (Phi) is 2.90. The van der Waals surface area contributed by atoms with Gasteiger partial charge in [0.05, 0.1) is 5.52 Å². The Hall–Kier alpha value is -2.01. The largest absolute Gasteiger partial charge is 0.423 e. The van der Waals surface area contributed by atoms with Crippen molar-refractivity contribution >= 4 is 27.0 Å². The molecule has 0 N–H and O–H groups in total. The monoisotopic (exact) mass is 301 g/mol. The van der Waals surface area contributed by atoms with E-state index in [0.717, 1.165) is 15.5 Å². The number of halogens is 1. The average molecular weight is 302 g/mol. The van der Waals surface area contributed by atoms with Gasteiger partial charge in [-0.25, -0.2) is 0 Å². The number of benzene rings is 2. The molecule has 0 bridgehead atoms. The predicted molar refractivity (Wildman–Crippen MR) is 71.5 cm³/mol. The van der Waals surface area contributed by atoms with E-state index in [-0.39, 0.29) is 6.01 Å². The van der Waals surface area contributed by atoms with Crippen LogP contribution in [0.15, 0.2) is 53.0 Å². The van der Waals surface area contributed by atoms with Gasteiger partial charge >= 0.3 is 6.01 Å². The highest BCUT2D eigenvalue weighted by atomic mass is 79.9. The van der Waals surface area contributed by atoms with Crippen molar-refractivity contribution in [1.29, 1.82) is 0 Å². The Morgan fingerprint density at radius 3 is 2.56 bits per heavy atom. The molecule has 0 aliphatic rings. The van der Waals surface area contributed by atoms with Crippen LogP contribution in [0.2, 0.25) is 0 Å². The third kappa shape index (κ3) is 2.31. The van der Waals surface area contributed by atoms with Gasteiger partial charge < -0.3 is 4.74 Å². The van der Waals surface area contributed by atoms with Crippen molar-refractivity contribution < 1.29 is 4.74 Å². The van der Waals surface area contributed by atoms with Crippen LogP contribution < -0.4 is 4.74 Å². The minimum atomic E-state index is 0.242. The van der Waals surface area contributed by atoms with Crippen molar-refractivity contribution in [2.24, 2.45) is 0 Å². The molecule has 0 amide bonds. The lowest BCUT2D eigenvalue weighted by Gasteiger charge is -2.03. The SMILES string of the molecule is Brc1cccc(Oc2nnc3ccccc3n2)c1. The average Bonchev–Trinajstić information content (AvgIpc) is 2.39. The molecule has 0 atom stereocenters. The Labute approximate surface area is 112 Å². The molecule has 0 radical (unpaired) electrons. The van der Waals surface area contributed by atoms with Gasteiger partial charge in [-0.05, 0) is 30.3 Å². The Bertz CT molecular complexity index is 702. The molecule has 4 nitrogen and oxygen atoms in total. The van der Waals surface area contributed by atoms with Crippen LogP contribution in [0.25, 0.3) is 11.0 Å². The summed E-state index contributed by atoms with van der Waals surface area (Å²) in [4.78, 5) is 4.29. The van der Waals surface area contributed by atoms with Crippen molar-refractivity contribution in [1.82, 2.24) is 15.2 Å². The fourth-order valence-corrected chi connectivity index (χ4v) is 1.92. The second-order valence-electron chi connectivity index (χ2n) is 3.64. The zero-order valence-electron chi connectivity index (χ0n) is 9.25. The predicted octanol–water partition coefficient (Wildman–Crippen LogP) is 3.58. The normalized spacial score (nSPS) is 10.5. The highest BCUT2D eigenvalue weighted by Crippen LogP contribution is 2.22. The van der Waals surface area contributed by atoms with Gasteiger partial charge in [0.25, 0.3) is 0 Å². The van der Waals surface area contributed by atoms with E-state index in [9.17, 15) is 0 Å². The summed E-state index contributed by atoms with van der Waals surface area (Å²) < 4.78 is 6.49. The van der Waals surface area contributed by atoms with Crippen LogP contribution >= 0.6 is 15.9 Å². The molecule has 2 aromatic carbocycles. The zero-order valence-corrected chi connectivity index (χ0v) is 10.8. The Morgan fingerprint density at radius 2 is 1.72 bits per heavy atom. The van der Waals surface area contributed by atoms with Crippen LogP contribution in [0.1, 0.15) is 0 Å². The molecular weight excluding hydrogens is 294 g/mol. The summed E-state index contributed by atoms with van der Waals surface area (Å²) in [5.41, 5.74) is 1.51. The lowest BCUT2D eigenvalue weighted by molar-refractivity contribution is 0.436. The van der Waals surface area contributed by atoms with E-state index in [2.05, 4.69) is 31.1 Å². The molecule has 88 valence electrons. The highest BCUT2D eigenvalue weighted by Gasteiger charge is 2.03. The smallest absolute Gasteiger partial charge is 0.341 e. The summed E-state index contributed by atoms with van der Waals surface area (Å²) in [5.74, 6) is 0.668. The second kappa shape index (κ2) is 4.70. The second-order valence-corrected chi connectivity index (χ2v) is 4.56. The van der Waals surface area contributed by atoms with E-state index in [1.54, 1.807) is 0 Å². The first-order valence-electron chi connectivity index (χ1n) is 5.34. The summed E-state index contributed by atoms with van der Waals surface area (Å²) in [6.07, 6.45) is 0. The maximum Gasteiger partial charge on any atom is 0.341 e. The van der Waals surface area contributed by atoms with Crippen molar-refractivity contribution in [2.75, 3.05) is 0 Å². The van der Waals surface area contributed by atoms with Crippen molar-refractivity contribution in [3.8, 4) is 11.8 Å². The zero-order chi connectivity index (χ0) is 12.4. The van der Waals surface area contributed by atoms with Crippen molar-refractivity contribution in [3.05, 3.63) is 53.0 Å². The van der Waals surface area contributed by atoms with Crippen LogP contribution in [-0.4, -0.2) is 15.2 Å². The third-order valence-corrected chi connectivity index (χ3v) is 2.84. The molecule has 0 unspecified atom stereocenters. The quantitative estimate of drug-likeness (QED) is 0.726. The van der Waals surface area contributed by atoms with Crippen LogP contribution in [-0.2, 0) is 0 Å². The molecule has 1 heterocycles. The van der Waals surface area contributed by atoms with E-state index in [0.29, 0.717) is 5.75 Å². The van der Waals surface area contributed by atoms with Crippen LogP contribution in [0.4, 0.5) is 0 Å². The fraction of sp³-hybridized carbons (Fsp3) is 0. The molecule has 0 aliphatic carbocycles. The first-order chi connectivity index (χ1) is 8.81. The Morgan fingerprint density at radius 1 is 0.889 bits per heavy atom. The highest BCUT2D eigenvalue weighted by molar-refractivity contribution is 9.10. The number of para-hydroxylation sites is 1. The topological polar surface area (TPSA) is 47.9 Å². The summed E-state index contributed by atoms with van der Waals surface area (Å²) in [5, 5.41) is 7.98. The lowest BCUT2D eigenvalue weighted by Crippen LogP contribution is -1.95. The van der Waals surface area contributed by atoms with E-state index in [1.165, 1.54) is 0 Å². The number of hydrogen-bond donors (Lipinski definition) is 0. The van der Waals surface area contributed by atoms with Gasteiger partial charge in [0.1, 0.15) is 11.3 Å². The maximum absolute atomic E-state index is 5.55. The molecule has 3 aromatic rings. The lowest BCUT2D eigenvalue weighted by atomic mass is 10.3. The number of ether oxygens (including phenoxy) is 1. The van der Waals surface area contributed by atoms with Gasteiger partial charge in [-0.3, -0.25) is 0 Å². The van der Waals surface area contributed by atoms with Crippen LogP contribution in [0, 0.1) is 0 Å². The van der Waals surface area contributed by atoms with E-state index < -0.39 is 0 Å². The molecule has 0 spiro atoms. The number of hydrogen-bond acceptors (Lipinski definition) is 4. The van der Waals surface area contributed by atoms with Gasteiger partial charge in [-0.15, -0.1) is 5.10 Å².